The summed E-state index contributed by atoms with van der Waals surface area (Å²) in [5, 5.41) is 11.4. The van der Waals surface area contributed by atoms with Gasteiger partial charge in [0.1, 0.15) is 0 Å². The second kappa shape index (κ2) is 7.61. The molecule has 0 aliphatic carbocycles. The monoisotopic (exact) mass is 394 g/mol. The molecule has 2 aromatic carbocycles. The van der Waals surface area contributed by atoms with E-state index in [-0.39, 0.29) is 22.3 Å². The molecule has 1 heterocycles. The van der Waals surface area contributed by atoms with E-state index in [1.54, 1.807) is 0 Å². The topological polar surface area (TPSA) is 89.8 Å². The van der Waals surface area contributed by atoms with Crippen LogP contribution in [0.5, 0.6) is 11.5 Å². The smallest absolute Gasteiger partial charge is 0.312 e. The van der Waals surface area contributed by atoms with Crippen molar-refractivity contribution >= 4 is 15.7 Å². The van der Waals surface area contributed by atoms with Crippen molar-refractivity contribution in [2.45, 2.75) is 24.7 Å². The second-order valence-corrected chi connectivity index (χ2v) is 8.47. The summed E-state index contributed by atoms with van der Waals surface area (Å²) in [6.07, 6.45) is 1.69. The Labute approximate surface area is 156 Å². The molecule has 1 aliphatic rings. The van der Waals surface area contributed by atoms with Crippen molar-refractivity contribution in [1.29, 1.82) is 0 Å². The quantitative estimate of drug-likeness (QED) is 0.566. The molecular weight excluding hydrogens is 375 g/mol. The molecule has 0 spiro atoms. The standard InChI is InChI=1S/C18H19FN2O5S/c1-13-5-4-10-20(12-13)27(24,25)14-8-9-18(16(11-14)21(22)23)26-17-7-3-2-6-15(17)19/h2-3,6-9,11,13H,4-5,10,12H2,1H3/t13-/m0/s1. The molecule has 0 amide bonds. The van der Waals surface area contributed by atoms with Crippen LogP contribution < -0.4 is 4.74 Å². The van der Waals surface area contributed by atoms with Crippen LogP contribution in [0.4, 0.5) is 10.1 Å². The van der Waals surface area contributed by atoms with Crippen molar-refractivity contribution in [3.8, 4) is 11.5 Å². The number of halogens is 1. The number of nitro groups is 1. The van der Waals surface area contributed by atoms with Crippen LogP contribution in [0.3, 0.4) is 0 Å². The third-order valence-electron chi connectivity index (χ3n) is 4.44. The van der Waals surface area contributed by atoms with Crippen LogP contribution in [0.25, 0.3) is 0 Å². The predicted molar refractivity (Wildman–Crippen MR) is 96.7 cm³/mol. The molecule has 0 N–H and O–H groups in total. The lowest BCUT2D eigenvalue weighted by Crippen LogP contribution is -2.39. The van der Waals surface area contributed by atoms with Gasteiger partial charge in [0.05, 0.1) is 9.82 Å². The molecule has 1 atom stereocenters. The highest BCUT2D eigenvalue weighted by Gasteiger charge is 2.31. The molecule has 0 radical (unpaired) electrons. The molecule has 2 aromatic rings. The van der Waals surface area contributed by atoms with E-state index >= 15 is 0 Å². The molecule has 1 saturated heterocycles. The Balaban J connectivity index is 1.96. The molecule has 9 heteroatoms. The molecule has 0 bridgehead atoms. The lowest BCUT2D eigenvalue weighted by molar-refractivity contribution is -0.385. The largest absolute Gasteiger partial charge is 0.447 e. The number of hydrogen-bond donors (Lipinski definition) is 0. The van der Waals surface area contributed by atoms with Crippen molar-refractivity contribution in [2.24, 2.45) is 5.92 Å². The van der Waals surface area contributed by atoms with Gasteiger partial charge in [-0.3, -0.25) is 10.1 Å². The predicted octanol–water partition coefficient (Wildman–Crippen LogP) is 3.95. The lowest BCUT2D eigenvalue weighted by Gasteiger charge is -2.30. The van der Waals surface area contributed by atoms with Crippen molar-refractivity contribution < 1.29 is 22.5 Å². The minimum Gasteiger partial charge on any atom is -0.447 e. The maximum atomic E-state index is 13.8. The zero-order valence-electron chi connectivity index (χ0n) is 14.7. The van der Waals surface area contributed by atoms with Gasteiger partial charge in [-0.25, -0.2) is 12.8 Å². The molecule has 7 nitrogen and oxygen atoms in total. The molecule has 144 valence electrons. The van der Waals surface area contributed by atoms with Crippen LogP contribution in [-0.4, -0.2) is 30.7 Å². The molecule has 0 saturated carbocycles. The van der Waals surface area contributed by atoms with E-state index in [9.17, 15) is 22.9 Å². The average molecular weight is 394 g/mol. The summed E-state index contributed by atoms with van der Waals surface area (Å²) >= 11 is 0. The highest BCUT2D eigenvalue weighted by atomic mass is 32.2. The van der Waals surface area contributed by atoms with E-state index in [1.807, 2.05) is 6.92 Å². The van der Waals surface area contributed by atoms with Gasteiger partial charge in [0.2, 0.25) is 15.8 Å². The first-order valence-electron chi connectivity index (χ1n) is 8.50. The van der Waals surface area contributed by atoms with Crippen LogP contribution in [0, 0.1) is 21.8 Å². The summed E-state index contributed by atoms with van der Waals surface area (Å²) < 4.78 is 46.1. The number of nitro benzene ring substituents is 1. The number of rotatable bonds is 5. The normalized spacial score (nSPS) is 18.2. The fourth-order valence-corrected chi connectivity index (χ4v) is 4.67. The maximum Gasteiger partial charge on any atom is 0.312 e. The van der Waals surface area contributed by atoms with Gasteiger partial charge in [-0.1, -0.05) is 19.1 Å². The van der Waals surface area contributed by atoms with Crippen LogP contribution in [0.15, 0.2) is 47.4 Å². The van der Waals surface area contributed by atoms with Crippen LogP contribution >= 0.6 is 0 Å². The van der Waals surface area contributed by atoms with Crippen molar-refractivity contribution in [3.05, 3.63) is 58.4 Å². The molecule has 27 heavy (non-hydrogen) atoms. The number of ether oxygens (including phenoxy) is 1. The summed E-state index contributed by atoms with van der Waals surface area (Å²) in [4.78, 5) is 10.5. The minimum absolute atomic E-state index is 0.177. The van der Waals surface area contributed by atoms with Gasteiger partial charge < -0.3 is 4.74 Å². The van der Waals surface area contributed by atoms with E-state index < -0.39 is 26.5 Å². The Kier molecular flexibility index (Phi) is 5.43. The summed E-state index contributed by atoms with van der Waals surface area (Å²) in [5.74, 6) is -0.852. The lowest BCUT2D eigenvalue weighted by atomic mass is 10.0. The zero-order chi connectivity index (χ0) is 19.6. The van der Waals surface area contributed by atoms with Crippen LogP contribution in [0.1, 0.15) is 19.8 Å². The van der Waals surface area contributed by atoms with Crippen LogP contribution in [-0.2, 0) is 10.0 Å². The van der Waals surface area contributed by atoms with E-state index in [0.717, 1.165) is 25.0 Å². The second-order valence-electron chi connectivity index (χ2n) is 6.53. The molecule has 3 rings (SSSR count). The number of para-hydroxylation sites is 1. The fourth-order valence-electron chi connectivity index (χ4n) is 3.05. The Morgan fingerprint density at radius 2 is 1.96 bits per heavy atom. The molecule has 1 fully saturated rings. The van der Waals surface area contributed by atoms with Gasteiger partial charge in [0.15, 0.2) is 11.6 Å². The highest BCUT2D eigenvalue weighted by Crippen LogP contribution is 2.35. The first-order chi connectivity index (χ1) is 12.8. The molecule has 0 aromatic heterocycles. The number of piperidine rings is 1. The van der Waals surface area contributed by atoms with Crippen molar-refractivity contribution in [1.82, 2.24) is 4.31 Å². The average Bonchev–Trinajstić information content (AvgIpc) is 2.63. The first kappa shape index (κ1) is 19.2. The third kappa shape index (κ3) is 4.09. The van der Waals surface area contributed by atoms with Gasteiger partial charge in [-0.2, -0.15) is 4.31 Å². The van der Waals surface area contributed by atoms with Crippen molar-refractivity contribution in [3.63, 3.8) is 0 Å². The summed E-state index contributed by atoms with van der Waals surface area (Å²) in [6.45, 7) is 2.73. The minimum atomic E-state index is -3.85. The SMILES string of the molecule is C[C@H]1CCCN(S(=O)(=O)c2ccc(Oc3ccccc3F)c([N+](=O)[O-])c2)C1. The Morgan fingerprint density at radius 1 is 1.22 bits per heavy atom. The Hall–Kier alpha value is -2.52. The van der Waals surface area contributed by atoms with Gasteiger partial charge in [0.25, 0.3) is 0 Å². The highest BCUT2D eigenvalue weighted by molar-refractivity contribution is 7.89. The Morgan fingerprint density at radius 3 is 2.63 bits per heavy atom. The number of hydrogen-bond acceptors (Lipinski definition) is 5. The number of sulfonamides is 1. The van der Waals surface area contributed by atoms with E-state index in [2.05, 4.69) is 0 Å². The first-order valence-corrected chi connectivity index (χ1v) is 9.94. The van der Waals surface area contributed by atoms with E-state index in [0.29, 0.717) is 13.1 Å². The van der Waals surface area contributed by atoms with Crippen LogP contribution in [0.2, 0.25) is 0 Å². The van der Waals surface area contributed by atoms with Crippen molar-refractivity contribution in [2.75, 3.05) is 13.1 Å². The molecule has 0 unspecified atom stereocenters. The van der Waals surface area contributed by atoms with E-state index in [1.165, 1.54) is 34.6 Å². The molecule has 1 aliphatic heterocycles. The number of benzene rings is 2. The van der Waals surface area contributed by atoms with Gasteiger partial charge in [-0.05, 0) is 43.0 Å². The fraction of sp³-hybridized carbons (Fsp3) is 0.333. The number of nitrogens with zero attached hydrogens (tertiary/aromatic N) is 2. The molecular formula is C18H19FN2O5S. The summed E-state index contributed by atoms with van der Waals surface area (Å²) in [6, 6.07) is 8.89. The summed E-state index contributed by atoms with van der Waals surface area (Å²) in [5.41, 5.74) is -0.538. The third-order valence-corrected chi connectivity index (χ3v) is 6.30. The zero-order valence-corrected chi connectivity index (χ0v) is 15.5. The van der Waals surface area contributed by atoms with Gasteiger partial charge in [0, 0.05) is 19.2 Å². The van der Waals surface area contributed by atoms with E-state index in [4.69, 9.17) is 4.74 Å². The van der Waals surface area contributed by atoms with Gasteiger partial charge >= 0.3 is 5.69 Å². The Bertz CT molecular complexity index is 964. The summed E-state index contributed by atoms with van der Waals surface area (Å²) in [7, 11) is -3.85. The maximum absolute atomic E-state index is 13.8. The van der Waals surface area contributed by atoms with Gasteiger partial charge in [-0.15, -0.1) is 0 Å².